The average molecular weight is 276 g/mol. The van der Waals surface area contributed by atoms with Gasteiger partial charge in [0.05, 0.1) is 13.5 Å². The summed E-state index contributed by atoms with van der Waals surface area (Å²) in [6.45, 7) is 4.87. The number of carbonyl (C=O) groups excluding carboxylic acids is 1. The van der Waals surface area contributed by atoms with Crippen LogP contribution in [0.5, 0.6) is 5.75 Å². The summed E-state index contributed by atoms with van der Waals surface area (Å²) in [5.74, 6) is 0.992. The number of benzene rings is 1. The first kappa shape index (κ1) is 14.9. The number of rotatable bonds is 6. The maximum absolute atomic E-state index is 12.6. The summed E-state index contributed by atoms with van der Waals surface area (Å²) in [5.41, 5.74) is 0.965. The smallest absolute Gasteiger partial charge is 0.227 e. The van der Waals surface area contributed by atoms with Crippen molar-refractivity contribution in [2.45, 2.75) is 32.2 Å². The van der Waals surface area contributed by atoms with E-state index in [2.05, 4.69) is 12.2 Å². The highest BCUT2D eigenvalue weighted by molar-refractivity contribution is 5.80. The molecule has 1 amide bonds. The molecular formula is C16H24N2O2. The molecule has 1 aliphatic heterocycles. The van der Waals surface area contributed by atoms with Crippen molar-refractivity contribution >= 4 is 5.91 Å². The van der Waals surface area contributed by atoms with E-state index in [9.17, 15) is 4.79 Å². The van der Waals surface area contributed by atoms with Gasteiger partial charge in [0.15, 0.2) is 0 Å². The lowest BCUT2D eigenvalue weighted by atomic mass is 10.1. The van der Waals surface area contributed by atoms with Crippen molar-refractivity contribution in [3.05, 3.63) is 29.8 Å². The summed E-state index contributed by atoms with van der Waals surface area (Å²) in [6.07, 6.45) is 2.46. The molecule has 4 heteroatoms. The van der Waals surface area contributed by atoms with Crippen LogP contribution in [0.25, 0.3) is 0 Å². The van der Waals surface area contributed by atoms with E-state index in [4.69, 9.17) is 4.74 Å². The van der Waals surface area contributed by atoms with E-state index < -0.39 is 0 Å². The molecule has 1 aromatic carbocycles. The number of nitrogens with zero attached hydrogens (tertiary/aromatic N) is 1. The Kier molecular flexibility index (Phi) is 5.41. The largest absolute Gasteiger partial charge is 0.496 e. The van der Waals surface area contributed by atoms with Gasteiger partial charge >= 0.3 is 0 Å². The predicted octanol–water partition coefficient (Wildman–Crippen LogP) is 1.84. The Bertz CT molecular complexity index is 442. The van der Waals surface area contributed by atoms with Gasteiger partial charge in [0.25, 0.3) is 0 Å². The molecule has 0 radical (unpaired) electrons. The van der Waals surface area contributed by atoms with E-state index in [-0.39, 0.29) is 5.91 Å². The van der Waals surface area contributed by atoms with Crippen LogP contribution in [0.15, 0.2) is 24.3 Å². The van der Waals surface area contributed by atoms with Crippen molar-refractivity contribution in [2.75, 3.05) is 26.7 Å². The molecule has 1 aromatic rings. The van der Waals surface area contributed by atoms with E-state index in [1.165, 1.54) is 0 Å². The van der Waals surface area contributed by atoms with Crippen molar-refractivity contribution in [1.82, 2.24) is 10.2 Å². The van der Waals surface area contributed by atoms with Gasteiger partial charge in [-0.05, 0) is 25.5 Å². The molecule has 1 atom stereocenters. The highest BCUT2D eigenvalue weighted by Crippen LogP contribution is 2.20. The van der Waals surface area contributed by atoms with Gasteiger partial charge in [-0.3, -0.25) is 4.79 Å². The van der Waals surface area contributed by atoms with Crippen LogP contribution in [0.3, 0.4) is 0 Å². The van der Waals surface area contributed by atoms with Gasteiger partial charge in [0.1, 0.15) is 5.75 Å². The number of nitrogens with one attached hydrogen (secondary N) is 1. The van der Waals surface area contributed by atoms with Gasteiger partial charge in [-0.2, -0.15) is 0 Å². The van der Waals surface area contributed by atoms with Gasteiger partial charge in [0, 0.05) is 24.7 Å². The molecule has 1 saturated heterocycles. The van der Waals surface area contributed by atoms with E-state index >= 15 is 0 Å². The normalized spacial score (nSPS) is 18.0. The maximum Gasteiger partial charge on any atom is 0.227 e. The number of carbonyl (C=O) groups is 1. The van der Waals surface area contributed by atoms with E-state index in [1.807, 2.05) is 29.2 Å². The molecule has 2 rings (SSSR count). The Morgan fingerprint density at radius 3 is 2.90 bits per heavy atom. The highest BCUT2D eigenvalue weighted by Gasteiger charge is 2.26. The third kappa shape index (κ3) is 3.51. The number of amides is 1. The van der Waals surface area contributed by atoms with Crippen molar-refractivity contribution < 1.29 is 9.53 Å². The van der Waals surface area contributed by atoms with Gasteiger partial charge in [-0.15, -0.1) is 0 Å². The zero-order valence-electron chi connectivity index (χ0n) is 12.4. The summed E-state index contributed by atoms with van der Waals surface area (Å²) in [7, 11) is 1.65. The first-order chi connectivity index (χ1) is 9.76. The van der Waals surface area contributed by atoms with Crippen LogP contribution in [-0.4, -0.2) is 43.6 Å². The van der Waals surface area contributed by atoms with Crippen molar-refractivity contribution in [1.29, 1.82) is 0 Å². The van der Waals surface area contributed by atoms with Crippen molar-refractivity contribution in [2.24, 2.45) is 0 Å². The summed E-state index contributed by atoms with van der Waals surface area (Å²) in [6, 6.07) is 8.10. The first-order valence-electron chi connectivity index (χ1n) is 7.38. The molecule has 1 heterocycles. The maximum atomic E-state index is 12.6. The third-order valence-electron chi connectivity index (χ3n) is 3.79. The first-order valence-corrected chi connectivity index (χ1v) is 7.38. The zero-order chi connectivity index (χ0) is 14.4. The second kappa shape index (κ2) is 7.29. The number of hydrogen-bond acceptors (Lipinski definition) is 3. The van der Waals surface area contributed by atoms with Crippen LogP contribution in [0.2, 0.25) is 0 Å². The molecule has 1 aliphatic rings. The van der Waals surface area contributed by atoms with Gasteiger partial charge in [-0.25, -0.2) is 0 Å². The third-order valence-corrected chi connectivity index (χ3v) is 3.79. The molecule has 110 valence electrons. The fourth-order valence-electron chi connectivity index (χ4n) is 2.77. The standard InChI is InChI=1S/C16H24N2O2/c1-3-10-18(14-8-9-17-12-14)16(19)11-13-6-4-5-7-15(13)20-2/h4-7,14,17H,3,8-12H2,1-2H3/t14-/m1/s1. The summed E-state index contributed by atoms with van der Waals surface area (Å²) < 4.78 is 5.33. The topological polar surface area (TPSA) is 41.6 Å². The molecule has 0 saturated carbocycles. The second-order valence-corrected chi connectivity index (χ2v) is 5.22. The molecule has 0 aromatic heterocycles. The number of para-hydroxylation sites is 1. The average Bonchev–Trinajstić information content (AvgIpc) is 2.99. The fourth-order valence-corrected chi connectivity index (χ4v) is 2.77. The monoisotopic (exact) mass is 276 g/mol. The second-order valence-electron chi connectivity index (χ2n) is 5.22. The van der Waals surface area contributed by atoms with E-state index in [0.717, 1.165) is 43.8 Å². The summed E-state index contributed by atoms with van der Waals surface area (Å²) in [5, 5.41) is 3.33. The Morgan fingerprint density at radius 1 is 1.45 bits per heavy atom. The lowest BCUT2D eigenvalue weighted by Gasteiger charge is -2.28. The van der Waals surface area contributed by atoms with Crippen LogP contribution in [0.4, 0.5) is 0 Å². The van der Waals surface area contributed by atoms with Crippen LogP contribution in [0, 0.1) is 0 Å². The summed E-state index contributed by atoms with van der Waals surface area (Å²) in [4.78, 5) is 14.6. The molecule has 4 nitrogen and oxygen atoms in total. The molecule has 0 spiro atoms. The zero-order valence-corrected chi connectivity index (χ0v) is 12.4. The van der Waals surface area contributed by atoms with E-state index in [0.29, 0.717) is 12.5 Å². The SMILES string of the molecule is CCCN(C(=O)Cc1ccccc1OC)[C@@H]1CCNC1. The molecule has 1 N–H and O–H groups in total. The van der Waals surface area contributed by atoms with E-state index in [1.54, 1.807) is 7.11 Å². The van der Waals surface area contributed by atoms with Crippen LogP contribution < -0.4 is 10.1 Å². The molecular weight excluding hydrogens is 252 g/mol. The van der Waals surface area contributed by atoms with Crippen LogP contribution in [-0.2, 0) is 11.2 Å². The van der Waals surface area contributed by atoms with Crippen molar-refractivity contribution in [3.63, 3.8) is 0 Å². The molecule has 1 fully saturated rings. The Balaban J connectivity index is 2.07. The fraction of sp³-hybridized carbons (Fsp3) is 0.562. The minimum atomic E-state index is 0.199. The molecule has 0 unspecified atom stereocenters. The number of hydrogen-bond donors (Lipinski definition) is 1. The number of methoxy groups -OCH3 is 1. The predicted molar refractivity (Wildman–Crippen MR) is 80.0 cm³/mol. The Hall–Kier alpha value is -1.55. The van der Waals surface area contributed by atoms with Gasteiger partial charge < -0.3 is 15.0 Å². The Morgan fingerprint density at radius 2 is 2.25 bits per heavy atom. The quantitative estimate of drug-likeness (QED) is 0.862. The lowest BCUT2D eigenvalue weighted by molar-refractivity contribution is -0.132. The van der Waals surface area contributed by atoms with Gasteiger partial charge in [-0.1, -0.05) is 25.1 Å². The van der Waals surface area contributed by atoms with Crippen molar-refractivity contribution in [3.8, 4) is 5.75 Å². The van der Waals surface area contributed by atoms with Crippen LogP contribution >= 0.6 is 0 Å². The van der Waals surface area contributed by atoms with Gasteiger partial charge in [0.2, 0.25) is 5.91 Å². The lowest BCUT2D eigenvalue weighted by Crippen LogP contribution is -2.42. The molecule has 0 bridgehead atoms. The minimum Gasteiger partial charge on any atom is -0.496 e. The minimum absolute atomic E-state index is 0.199. The number of ether oxygens (including phenoxy) is 1. The summed E-state index contributed by atoms with van der Waals surface area (Å²) >= 11 is 0. The molecule has 0 aliphatic carbocycles. The highest BCUT2D eigenvalue weighted by atomic mass is 16.5. The molecule has 20 heavy (non-hydrogen) atoms. The van der Waals surface area contributed by atoms with Crippen LogP contribution in [0.1, 0.15) is 25.3 Å². The Labute approximate surface area is 121 Å².